The van der Waals surface area contributed by atoms with Crippen molar-refractivity contribution in [3.63, 3.8) is 0 Å². The Hall–Kier alpha value is 0.0190. The molecule has 0 saturated carbocycles. The summed E-state index contributed by atoms with van der Waals surface area (Å²) in [4.78, 5) is 7.33. The van der Waals surface area contributed by atoms with E-state index in [4.69, 9.17) is 13.1 Å². The summed E-state index contributed by atoms with van der Waals surface area (Å²) in [5.41, 5.74) is -0.0636. The molecule has 4 heteroatoms. The first-order chi connectivity index (χ1) is 6.62. The molecule has 0 rings (SSSR count). The molecular formula is C13H22Cu2N2+2. The van der Waals surface area contributed by atoms with Gasteiger partial charge in [-0.05, 0) is 0 Å². The quantitative estimate of drug-likeness (QED) is 0.533. The summed E-state index contributed by atoms with van der Waals surface area (Å²) in [7, 11) is 0. The maximum absolute atomic E-state index is 7.21. The van der Waals surface area contributed by atoms with Gasteiger partial charge in [-0.15, -0.1) is 0 Å². The second-order valence-electron chi connectivity index (χ2n) is 6.26. The summed E-state index contributed by atoms with van der Waals surface area (Å²) in [6, 6.07) is -0.119. The molecule has 0 aliphatic carbocycles. The molecule has 2 unspecified atom stereocenters. The van der Waals surface area contributed by atoms with E-state index in [0.717, 1.165) is 0 Å². The SMILES string of the molecule is [C-]#[N+]C(CC([N+]#[C-])C(C)(C)C)C(C)(C)C.[Cu+].[Cu+]. The molecule has 0 N–H and O–H groups in total. The van der Waals surface area contributed by atoms with Crippen LogP contribution in [0, 0.1) is 24.0 Å². The van der Waals surface area contributed by atoms with Gasteiger partial charge < -0.3 is 9.69 Å². The molecule has 0 aliphatic rings. The average molecular weight is 333 g/mol. The van der Waals surface area contributed by atoms with E-state index in [1.54, 1.807) is 0 Å². The van der Waals surface area contributed by atoms with Crippen LogP contribution in [-0.2, 0) is 34.1 Å². The van der Waals surface area contributed by atoms with Gasteiger partial charge in [0.1, 0.15) is 0 Å². The van der Waals surface area contributed by atoms with Crippen LogP contribution in [-0.4, -0.2) is 12.1 Å². The fraction of sp³-hybridized carbons (Fsp3) is 0.846. The smallest absolute Gasteiger partial charge is 0.313 e. The molecule has 0 aromatic rings. The Kier molecular flexibility index (Phi) is 10.7. The topological polar surface area (TPSA) is 8.72 Å². The minimum absolute atomic E-state index is 0. The van der Waals surface area contributed by atoms with Gasteiger partial charge in [-0.25, -0.2) is 13.1 Å². The largest absolute Gasteiger partial charge is 1.00 e. The molecule has 0 aromatic carbocycles. The standard InChI is InChI=1S/C13H22N2.2Cu/c1-12(2,3)10(14-7)9-11(15-8)13(4,5)6;;/h10-11H,9H2,1-6H3;;/q;2*+1. The third-order valence-corrected chi connectivity index (χ3v) is 2.76. The molecule has 2 atom stereocenters. The van der Waals surface area contributed by atoms with Crippen LogP contribution in [0.4, 0.5) is 0 Å². The van der Waals surface area contributed by atoms with Crippen molar-refractivity contribution >= 4 is 0 Å². The summed E-state index contributed by atoms with van der Waals surface area (Å²) in [6.45, 7) is 26.8. The van der Waals surface area contributed by atoms with Crippen LogP contribution in [0.15, 0.2) is 0 Å². The summed E-state index contributed by atoms with van der Waals surface area (Å²) in [6.07, 6.45) is 0.681. The Morgan fingerprint density at radius 1 is 0.765 bits per heavy atom. The Bertz CT molecular complexity index is 257. The molecule has 0 aliphatic heterocycles. The van der Waals surface area contributed by atoms with Crippen molar-refractivity contribution in [2.45, 2.75) is 60.0 Å². The summed E-state index contributed by atoms with van der Waals surface area (Å²) >= 11 is 0. The number of rotatable bonds is 2. The molecule has 0 spiro atoms. The van der Waals surface area contributed by atoms with Crippen LogP contribution < -0.4 is 0 Å². The normalized spacial score (nSPS) is 14.4. The molecule has 104 valence electrons. The number of hydrogen-bond acceptors (Lipinski definition) is 0. The second kappa shape index (κ2) is 8.18. The molecule has 0 amide bonds. The molecule has 17 heavy (non-hydrogen) atoms. The van der Waals surface area contributed by atoms with Crippen LogP contribution in [0.1, 0.15) is 48.0 Å². The van der Waals surface area contributed by atoms with Crippen molar-refractivity contribution in [2.75, 3.05) is 0 Å². The molecule has 2 nitrogen and oxygen atoms in total. The minimum Gasteiger partial charge on any atom is -0.313 e. The van der Waals surface area contributed by atoms with Crippen molar-refractivity contribution < 1.29 is 34.1 Å². The minimum atomic E-state index is -0.0594. The van der Waals surface area contributed by atoms with Crippen LogP contribution in [0.5, 0.6) is 0 Å². The predicted molar refractivity (Wildman–Crippen MR) is 64.3 cm³/mol. The first-order valence-corrected chi connectivity index (χ1v) is 5.36. The molecule has 0 bridgehead atoms. The van der Waals surface area contributed by atoms with E-state index in [1.165, 1.54) is 0 Å². The monoisotopic (exact) mass is 332 g/mol. The molecular weight excluding hydrogens is 311 g/mol. The zero-order valence-electron chi connectivity index (χ0n) is 11.4. The summed E-state index contributed by atoms with van der Waals surface area (Å²) < 4.78 is 0. The van der Waals surface area contributed by atoms with Gasteiger partial charge in [-0.1, -0.05) is 41.5 Å². The van der Waals surface area contributed by atoms with Crippen molar-refractivity contribution in [1.29, 1.82) is 0 Å². The first-order valence-electron chi connectivity index (χ1n) is 5.36. The van der Waals surface area contributed by atoms with Crippen LogP contribution in [0.3, 0.4) is 0 Å². The van der Waals surface area contributed by atoms with E-state index in [0.29, 0.717) is 6.42 Å². The van der Waals surface area contributed by atoms with Gasteiger partial charge in [0, 0.05) is 10.8 Å². The second-order valence-corrected chi connectivity index (χ2v) is 6.26. The zero-order valence-corrected chi connectivity index (χ0v) is 13.2. The van der Waals surface area contributed by atoms with Gasteiger partial charge in [-0.3, -0.25) is 0 Å². The third kappa shape index (κ3) is 7.86. The van der Waals surface area contributed by atoms with E-state index in [9.17, 15) is 0 Å². The van der Waals surface area contributed by atoms with Gasteiger partial charge in [0.2, 0.25) is 12.1 Å². The zero-order chi connectivity index (χ0) is 12.3. The Balaban J connectivity index is -0.000000980. The molecule has 0 fully saturated rings. The van der Waals surface area contributed by atoms with Crippen molar-refractivity contribution in [3.05, 3.63) is 22.8 Å². The third-order valence-electron chi connectivity index (χ3n) is 2.76. The summed E-state index contributed by atoms with van der Waals surface area (Å²) in [5, 5.41) is 0. The van der Waals surface area contributed by atoms with E-state index >= 15 is 0 Å². The maximum atomic E-state index is 7.21. The fourth-order valence-corrected chi connectivity index (χ4v) is 1.41. The number of hydrogen-bond donors (Lipinski definition) is 0. The van der Waals surface area contributed by atoms with Gasteiger partial charge >= 0.3 is 34.1 Å². The van der Waals surface area contributed by atoms with E-state index < -0.39 is 0 Å². The fourth-order valence-electron chi connectivity index (χ4n) is 1.41. The molecule has 0 radical (unpaired) electrons. The summed E-state index contributed by atoms with van der Waals surface area (Å²) in [5.74, 6) is 0. The van der Waals surface area contributed by atoms with E-state index in [1.807, 2.05) is 0 Å². The molecule has 0 heterocycles. The number of nitrogens with zero attached hydrogens (tertiary/aromatic N) is 2. The van der Waals surface area contributed by atoms with Crippen LogP contribution in [0.25, 0.3) is 9.69 Å². The molecule has 0 saturated heterocycles. The van der Waals surface area contributed by atoms with Gasteiger partial charge in [0.15, 0.2) is 0 Å². The first kappa shape index (κ1) is 22.2. The van der Waals surface area contributed by atoms with E-state index in [2.05, 4.69) is 51.2 Å². The Labute approximate surface area is 128 Å². The van der Waals surface area contributed by atoms with Crippen molar-refractivity contribution in [3.8, 4) is 0 Å². The average Bonchev–Trinajstić information content (AvgIpc) is 2.01. The van der Waals surface area contributed by atoms with Crippen molar-refractivity contribution in [1.82, 2.24) is 0 Å². The van der Waals surface area contributed by atoms with Crippen LogP contribution in [0.2, 0.25) is 0 Å². The van der Waals surface area contributed by atoms with Gasteiger partial charge in [-0.2, -0.15) is 0 Å². The Morgan fingerprint density at radius 2 is 1.00 bits per heavy atom. The van der Waals surface area contributed by atoms with Crippen LogP contribution >= 0.6 is 0 Å². The van der Waals surface area contributed by atoms with Gasteiger partial charge in [0.05, 0.1) is 6.42 Å². The predicted octanol–water partition coefficient (Wildman–Crippen LogP) is 4.04. The maximum Gasteiger partial charge on any atom is 1.00 e. The van der Waals surface area contributed by atoms with Crippen molar-refractivity contribution in [2.24, 2.45) is 10.8 Å². The van der Waals surface area contributed by atoms with E-state index in [-0.39, 0.29) is 57.1 Å². The Morgan fingerprint density at radius 3 is 1.12 bits per heavy atom. The molecule has 0 aromatic heterocycles. The van der Waals surface area contributed by atoms with Gasteiger partial charge in [0.25, 0.3) is 0 Å².